The van der Waals surface area contributed by atoms with Crippen LogP contribution in [0.3, 0.4) is 0 Å². The van der Waals surface area contributed by atoms with Crippen LogP contribution in [0, 0.1) is 25.2 Å². The molecule has 0 fully saturated rings. The Hall–Kier alpha value is -2.36. The van der Waals surface area contributed by atoms with Gasteiger partial charge in [-0.2, -0.15) is 5.26 Å². The molecule has 0 saturated heterocycles. The van der Waals surface area contributed by atoms with Gasteiger partial charge in [-0.05, 0) is 49.2 Å². The van der Waals surface area contributed by atoms with E-state index in [-0.39, 0.29) is 5.91 Å². The number of thioether (sulfide) groups is 1. The number of para-hydroxylation sites is 1. The van der Waals surface area contributed by atoms with Crippen molar-refractivity contribution in [1.82, 2.24) is 4.98 Å². The van der Waals surface area contributed by atoms with Crippen LogP contribution in [0.25, 0.3) is 10.2 Å². The van der Waals surface area contributed by atoms with Crippen molar-refractivity contribution in [3.63, 3.8) is 0 Å². The molecule has 0 bridgehead atoms. The molecule has 3 aromatic rings. The minimum absolute atomic E-state index is 0.00509. The van der Waals surface area contributed by atoms with Gasteiger partial charge >= 0.3 is 0 Å². The van der Waals surface area contributed by atoms with Crippen molar-refractivity contribution in [3.8, 4) is 6.07 Å². The van der Waals surface area contributed by atoms with Crippen LogP contribution in [-0.2, 0) is 4.79 Å². The van der Waals surface area contributed by atoms with Gasteiger partial charge in [0.15, 0.2) is 4.34 Å². The molecule has 1 aromatic heterocycles. The first-order valence-corrected chi connectivity index (χ1v) is 10.1. The third kappa shape index (κ3) is 4.43. The molecule has 1 heterocycles. The molecule has 1 amide bonds. The Balaban J connectivity index is 1.75. The van der Waals surface area contributed by atoms with Crippen molar-refractivity contribution in [2.45, 2.75) is 24.6 Å². The largest absolute Gasteiger partial charge is 0.311 e. The molecule has 0 N–H and O–H groups in total. The molecule has 0 aliphatic carbocycles. The van der Waals surface area contributed by atoms with E-state index >= 15 is 0 Å². The van der Waals surface area contributed by atoms with Gasteiger partial charge in [-0.15, -0.1) is 11.3 Å². The number of hydrogen-bond acceptors (Lipinski definition) is 5. The van der Waals surface area contributed by atoms with E-state index in [0.717, 1.165) is 31.4 Å². The first-order valence-electron chi connectivity index (χ1n) is 8.31. The Kier molecular flexibility index (Phi) is 5.92. The summed E-state index contributed by atoms with van der Waals surface area (Å²) in [6, 6.07) is 16.2. The number of nitriles is 1. The number of aryl methyl sites for hydroxylation is 2. The SMILES string of the molecule is Cc1cc(C)cc(N(CCC#N)C(=O)CSc2nc3ccccc3s2)c1. The lowest BCUT2D eigenvalue weighted by atomic mass is 10.1. The third-order valence-corrected chi connectivity index (χ3v) is 6.02. The lowest BCUT2D eigenvalue weighted by molar-refractivity contribution is -0.116. The van der Waals surface area contributed by atoms with Gasteiger partial charge < -0.3 is 4.90 Å². The van der Waals surface area contributed by atoms with Gasteiger partial charge in [-0.3, -0.25) is 4.79 Å². The molecule has 0 aliphatic heterocycles. The van der Waals surface area contributed by atoms with Gasteiger partial charge in [0.2, 0.25) is 5.91 Å². The van der Waals surface area contributed by atoms with Gasteiger partial charge in [-0.1, -0.05) is 30.0 Å². The summed E-state index contributed by atoms with van der Waals surface area (Å²) in [5.41, 5.74) is 4.03. The molecule has 0 radical (unpaired) electrons. The highest BCUT2D eigenvalue weighted by atomic mass is 32.2. The molecule has 4 nitrogen and oxygen atoms in total. The Morgan fingerprint density at radius 2 is 1.96 bits per heavy atom. The Bertz CT molecular complexity index is 921. The fourth-order valence-electron chi connectivity index (χ4n) is 2.78. The molecule has 0 atom stereocenters. The average Bonchev–Trinajstić information content (AvgIpc) is 3.02. The molecular weight excluding hydrogens is 362 g/mol. The van der Waals surface area contributed by atoms with Gasteiger partial charge in [0, 0.05) is 12.2 Å². The predicted octanol–water partition coefficient (Wildman–Crippen LogP) is 4.95. The normalized spacial score (nSPS) is 10.7. The summed E-state index contributed by atoms with van der Waals surface area (Å²) in [5, 5.41) is 8.94. The van der Waals surface area contributed by atoms with E-state index in [4.69, 9.17) is 5.26 Å². The summed E-state index contributed by atoms with van der Waals surface area (Å²) in [5.74, 6) is 0.299. The Morgan fingerprint density at radius 1 is 1.23 bits per heavy atom. The van der Waals surface area contributed by atoms with E-state index in [1.54, 1.807) is 16.2 Å². The van der Waals surface area contributed by atoms with Crippen LogP contribution in [0.2, 0.25) is 0 Å². The number of rotatable bonds is 6. The van der Waals surface area contributed by atoms with Crippen molar-refractivity contribution >= 4 is 44.9 Å². The number of nitrogens with zero attached hydrogens (tertiary/aromatic N) is 3. The molecule has 0 unspecified atom stereocenters. The van der Waals surface area contributed by atoms with Crippen LogP contribution in [-0.4, -0.2) is 23.2 Å². The summed E-state index contributed by atoms with van der Waals surface area (Å²) in [6.45, 7) is 4.43. The number of carbonyl (C=O) groups is 1. The third-order valence-electron chi connectivity index (χ3n) is 3.86. The second kappa shape index (κ2) is 8.35. The maximum absolute atomic E-state index is 12.8. The van der Waals surface area contributed by atoms with Crippen molar-refractivity contribution in [3.05, 3.63) is 53.6 Å². The van der Waals surface area contributed by atoms with Crippen LogP contribution < -0.4 is 4.90 Å². The van der Waals surface area contributed by atoms with Gasteiger partial charge in [0.1, 0.15) is 0 Å². The molecule has 0 spiro atoms. The van der Waals surface area contributed by atoms with Crippen LogP contribution in [0.15, 0.2) is 46.8 Å². The van der Waals surface area contributed by atoms with Crippen LogP contribution >= 0.6 is 23.1 Å². The van der Waals surface area contributed by atoms with Gasteiger partial charge in [-0.25, -0.2) is 4.98 Å². The fraction of sp³-hybridized carbons (Fsp3) is 0.250. The quantitative estimate of drug-likeness (QED) is 0.567. The van der Waals surface area contributed by atoms with Crippen molar-refractivity contribution in [1.29, 1.82) is 5.26 Å². The smallest absolute Gasteiger partial charge is 0.237 e. The zero-order chi connectivity index (χ0) is 18.5. The van der Waals surface area contributed by atoms with Crippen LogP contribution in [0.4, 0.5) is 5.69 Å². The van der Waals surface area contributed by atoms with E-state index < -0.39 is 0 Å². The first-order chi connectivity index (χ1) is 12.6. The maximum Gasteiger partial charge on any atom is 0.237 e. The zero-order valence-electron chi connectivity index (χ0n) is 14.7. The predicted molar refractivity (Wildman–Crippen MR) is 109 cm³/mol. The van der Waals surface area contributed by atoms with Crippen molar-refractivity contribution in [2.24, 2.45) is 0 Å². The summed E-state index contributed by atoms with van der Waals surface area (Å²) in [7, 11) is 0. The number of carbonyl (C=O) groups excluding carboxylic acids is 1. The minimum Gasteiger partial charge on any atom is -0.311 e. The molecule has 0 saturated carbocycles. The Labute approximate surface area is 161 Å². The number of aromatic nitrogens is 1. The zero-order valence-corrected chi connectivity index (χ0v) is 16.4. The average molecular weight is 382 g/mol. The lowest BCUT2D eigenvalue weighted by Crippen LogP contribution is -2.33. The number of fused-ring (bicyclic) bond motifs is 1. The second-order valence-electron chi connectivity index (χ2n) is 6.04. The standard InChI is InChI=1S/C20H19N3OS2/c1-14-10-15(2)12-16(11-14)23(9-5-8-21)19(24)13-25-20-22-17-6-3-4-7-18(17)26-20/h3-4,6-7,10-12H,5,9,13H2,1-2H3. The summed E-state index contributed by atoms with van der Waals surface area (Å²) in [4.78, 5) is 19.1. The molecule has 2 aromatic carbocycles. The van der Waals surface area contributed by atoms with Crippen LogP contribution in [0.1, 0.15) is 17.5 Å². The lowest BCUT2D eigenvalue weighted by Gasteiger charge is -2.22. The molecular formula is C20H19N3OS2. The number of amides is 1. The highest BCUT2D eigenvalue weighted by Gasteiger charge is 2.17. The van der Waals surface area contributed by atoms with Crippen molar-refractivity contribution < 1.29 is 4.79 Å². The van der Waals surface area contributed by atoms with E-state index in [2.05, 4.69) is 17.1 Å². The molecule has 0 aliphatic rings. The number of hydrogen-bond donors (Lipinski definition) is 0. The summed E-state index contributed by atoms with van der Waals surface area (Å²) < 4.78 is 2.01. The summed E-state index contributed by atoms with van der Waals surface area (Å²) in [6.07, 6.45) is 0.310. The van der Waals surface area contributed by atoms with Gasteiger partial charge in [0.05, 0.1) is 28.5 Å². The number of thiazole rings is 1. The highest BCUT2D eigenvalue weighted by Crippen LogP contribution is 2.30. The van der Waals surface area contributed by atoms with Crippen LogP contribution in [0.5, 0.6) is 0 Å². The number of anilines is 1. The minimum atomic E-state index is -0.00509. The van der Waals surface area contributed by atoms with Gasteiger partial charge in [0.25, 0.3) is 0 Å². The summed E-state index contributed by atoms with van der Waals surface area (Å²) >= 11 is 3.05. The van der Waals surface area contributed by atoms with E-state index in [1.807, 2.05) is 50.2 Å². The number of benzene rings is 2. The molecule has 132 valence electrons. The van der Waals surface area contributed by atoms with E-state index in [1.165, 1.54) is 11.8 Å². The second-order valence-corrected chi connectivity index (χ2v) is 8.29. The monoisotopic (exact) mass is 381 g/mol. The highest BCUT2D eigenvalue weighted by molar-refractivity contribution is 8.01. The van der Waals surface area contributed by atoms with E-state index in [9.17, 15) is 4.79 Å². The van der Waals surface area contributed by atoms with E-state index in [0.29, 0.717) is 18.7 Å². The topological polar surface area (TPSA) is 57.0 Å². The molecule has 26 heavy (non-hydrogen) atoms. The Morgan fingerprint density at radius 3 is 2.65 bits per heavy atom. The molecule has 6 heteroatoms. The first kappa shape index (κ1) is 18.4. The fourth-order valence-corrected chi connectivity index (χ4v) is 4.72. The van der Waals surface area contributed by atoms with Crippen molar-refractivity contribution in [2.75, 3.05) is 17.2 Å². The maximum atomic E-state index is 12.8. The molecule has 3 rings (SSSR count).